The molecule has 4 heteroatoms. The van der Waals surface area contributed by atoms with Gasteiger partial charge >= 0.3 is 0 Å². The van der Waals surface area contributed by atoms with Gasteiger partial charge in [-0.2, -0.15) is 0 Å². The van der Waals surface area contributed by atoms with E-state index >= 15 is 0 Å². The topological polar surface area (TPSA) is 20.3 Å². The fourth-order valence-corrected chi connectivity index (χ4v) is 4.42. The zero-order valence-electron chi connectivity index (χ0n) is 14.6. The quantitative estimate of drug-likeness (QED) is 0.616. The highest BCUT2D eigenvalue weighted by molar-refractivity contribution is 9.10. The van der Waals surface area contributed by atoms with Gasteiger partial charge in [-0.05, 0) is 54.7 Å². The number of carbonyl (C=O) groups excluding carboxylic acids is 1. The molecule has 1 heterocycles. The number of rotatable bonds is 4. The lowest BCUT2D eigenvalue weighted by molar-refractivity contribution is -0.127. The first-order valence-electron chi connectivity index (χ1n) is 8.46. The molecular formula is C21H22BrNOS. The molecule has 2 nitrogen and oxygen atoms in total. The number of halogens is 1. The van der Waals surface area contributed by atoms with E-state index in [1.165, 1.54) is 27.2 Å². The number of amides is 1. The van der Waals surface area contributed by atoms with Gasteiger partial charge in [0.05, 0.1) is 5.75 Å². The Morgan fingerprint density at radius 1 is 1.16 bits per heavy atom. The molecule has 0 bridgehead atoms. The van der Waals surface area contributed by atoms with Crippen LogP contribution in [0.4, 0.5) is 0 Å². The Morgan fingerprint density at radius 2 is 1.92 bits per heavy atom. The van der Waals surface area contributed by atoms with Crippen LogP contribution in [0.5, 0.6) is 0 Å². The summed E-state index contributed by atoms with van der Waals surface area (Å²) in [7, 11) is 0. The predicted octanol–water partition coefficient (Wildman–Crippen LogP) is 5.47. The van der Waals surface area contributed by atoms with Crippen LogP contribution in [-0.4, -0.2) is 29.6 Å². The molecule has 0 radical (unpaired) electrons. The number of nitrogens with zero attached hydrogens (tertiary/aromatic N) is 1. The molecule has 0 spiro atoms. The van der Waals surface area contributed by atoms with E-state index in [-0.39, 0.29) is 5.91 Å². The van der Waals surface area contributed by atoms with Gasteiger partial charge in [-0.25, -0.2) is 0 Å². The summed E-state index contributed by atoms with van der Waals surface area (Å²) in [6.45, 7) is 5.68. The number of aryl methyl sites for hydroxylation is 2. The first-order valence-corrected chi connectivity index (χ1v) is 10.2. The molecule has 0 saturated carbocycles. The average Bonchev–Trinajstić information content (AvgIpc) is 2.64. The normalized spacial score (nSPS) is 14.4. The van der Waals surface area contributed by atoms with Crippen LogP contribution in [0.3, 0.4) is 0 Å². The zero-order chi connectivity index (χ0) is 17.8. The summed E-state index contributed by atoms with van der Waals surface area (Å²) >= 11 is 5.19. The molecule has 0 N–H and O–H groups in total. The van der Waals surface area contributed by atoms with E-state index in [9.17, 15) is 4.79 Å². The highest BCUT2D eigenvalue weighted by Crippen LogP contribution is 2.29. The molecule has 0 aliphatic carbocycles. The van der Waals surface area contributed by atoms with Crippen molar-refractivity contribution in [1.82, 2.24) is 4.90 Å². The lowest BCUT2D eigenvalue weighted by atomic mass is 10.00. The molecule has 0 unspecified atom stereocenters. The van der Waals surface area contributed by atoms with Crippen molar-refractivity contribution in [2.45, 2.75) is 25.2 Å². The SMILES string of the molecule is Cc1cc(SCC(=O)N2CC=C(c3ccccc3)CC2)c(C)cc1Br. The summed E-state index contributed by atoms with van der Waals surface area (Å²) < 4.78 is 1.12. The van der Waals surface area contributed by atoms with Gasteiger partial charge in [0.2, 0.25) is 5.91 Å². The molecule has 1 aliphatic rings. The van der Waals surface area contributed by atoms with Crippen molar-refractivity contribution in [3.63, 3.8) is 0 Å². The summed E-state index contributed by atoms with van der Waals surface area (Å²) in [5, 5.41) is 0. The molecule has 2 aromatic rings. The van der Waals surface area contributed by atoms with E-state index in [0.29, 0.717) is 12.3 Å². The van der Waals surface area contributed by atoms with Crippen molar-refractivity contribution in [2.75, 3.05) is 18.8 Å². The molecule has 0 fully saturated rings. The van der Waals surface area contributed by atoms with Crippen molar-refractivity contribution < 1.29 is 4.79 Å². The number of benzene rings is 2. The van der Waals surface area contributed by atoms with Crippen LogP contribution >= 0.6 is 27.7 Å². The fourth-order valence-electron chi connectivity index (χ4n) is 2.95. The molecule has 3 rings (SSSR count). The number of hydrogen-bond donors (Lipinski definition) is 0. The molecule has 1 amide bonds. The first-order chi connectivity index (χ1) is 12.0. The standard InChI is InChI=1S/C21H22BrNOS/c1-15-13-20(16(2)12-19(15)22)25-14-21(24)23-10-8-18(9-11-23)17-6-4-3-5-7-17/h3-8,12-13H,9-11,14H2,1-2H3. The monoisotopic (exact) mass is 415 g/mol. The van der Waals surface area contributed by atoms with Crippen LogP contribution in [-0.2, 0) is 4.79 Å². The van der Waals surface area contributed by atoms with Gasteiger partial charge in [0.1, 0.15) is 0 Å². The number of carbonyl (C=O) groups is 1. The Morgan fingerprint density at radius 3 is 2.60 bits per heavy atom. The smallest absolute Gasteiger partial charge is 0.233 e. The Bertz CT molecular complexity index is 801. The highest BCUT2D eigenvalue weighted by Gasteiger charge is 2.18. The largest absolute Gasteiger partial charge is 0.338 e. The third kappa shape index (κ3) is 4.56. The van der Waals surface area contributed by atoms with Crippen LogP contribution in [0.25, 0.3) is 5.57 Å². The van der Waals surface area contributed by atoms with Crippen molar-refractivity contribution >= 4 is 39.2 Å². The summed E-state index contributed by atoms with van der Waals surface area (Å²) in [6, 6.07) is 14.7. The Kier molecular flexibility index (Phi) is 6.02. The van der Waals surface area contributed by atoms with Gasteiger partial charge < -0.3 is 4.90 Å². The lowest BCUT2D eigenvalue weighted by Crippen LogP contribution is -2.35. The van der Waals surface area contributed by atoms with Gasteiger partial charge in [0.15, 0.2) is 0 Å². The lowest BCUT2D eigenvalue weighted by Gasteiger charge is -2.26. The van der Waals surface area contributed by atoms with Crippen molar-refractivity contribution in [3.8, 4) is 0 Å². The fraction of sp³-hybridized carbons (Fsp3) is 0.286. The first kappa shape index (κ1) is 18.3. The van der Waals surface area contributed by atoms with E-state index in [4.69, 9.17) is 0 Å². The van der Waals surface area contributed by atoms with Crippen molar-refractivity contribution in [1.29, 1.82) is 0 Å². The minimum Gasteiger partial charge on any atom is -0.338 e. The van der Waals surface area contributed by atoms with Gasteiger partial charge in [0, 0.05) is 22.5 Å². The van der Waals surface area contributed by atoms with E-state index < -0.39 is 0 Å². The maximum atomic E-state index is 12.5. The van der Waals surface area contributed by atoms with Gasteiger partial charge in [0.25, 0.3) is 0 Å². The molecule has 0 saturated heterocycles. The second-order valence-corrected chi connectivity index (χ2v) is 8.21. The molecule has 0 atom stereocenters. The minimum absolute atomic E-state index is 0.216. The number of thioether (sulfide) groups is 1. The molecule has 1 aliphatic heterocycles. The summed E-state index contributed by atoms with van der Waals surface area (Å²) in [4.78, 5) is 15.7. The average molecular weight is 416 g/mol. The maximum absolute atomic E-state index is 12.5. The van der Waals surface area contributed by atoms with E-state index in [1.807, 2.05) is 11.0 Å². The third-order valence-corrected chi connectivity index (χ3v) is 6.51. The Hall–Kier alpha value is -1.52. The maximum Gasteiger partial charge on any atom is 0.233 e. The highest BCUT2D eigenvalue weighted by atomic mass is 79.9. The molecular weight excluding hydrogens is 394 g/mol. The van der Waals surface area contributed by atoms with Crippen LogP contribution < -0.4 is 0 Å². The second kappa shape index (κ2) is 8.24. The molecule has 0 aromatic heterocycles. The minimum atomic E-state index is 0.216. The number of hydrogen-bond acceptors (Lipinski definition) is 2. The predicted molar refractivity (Wildman–Crippen MR) is 110 cm³/mol. The summed E-state index contributed by atoms with van der Waals surface area (Å²) in [5.74, 6) is 0.713. The Labute approximate surface area is 162 Å². The third-order valence-electron chi connectivity index (χ3n) is 4.51. The van der Waals surface area contributed by atoms with Crippen molar-refractivity contribution in [3.05, 3.63) is 69.7 Å². The second-order valence-electron chi connectivity index (χ2n) is 6.34. The molecule has 130 valence electrons. The summed E-state index contributed by atoms with van der Waals surface area (Å²) in [5.41, 5.74) is 5.02. The Balaban J connectivity index is 1.58. The van der Waals surface area contributed by atoms with Gasteiger partial charge in [-0.15, -0.1) is 11.8 Å². The van der Waals surface area contributed by atoms with Crippen LogP contribution in [0.15, 0.2) is 57.9 Å². The van der Waals surface area contributed by atoms with E-state index in [2.05, 4.69) is 72.3 Å². The molecule has 2 aromatic carbocycles. The molecule has 25 heavy (non-hydrogen) atoms. The van der Waals surface area contributed by atoms with Crippen molar-refractivity contribution in [2.24, 2.45) is 0 Å². The van der Waals surface area contributed by atoms with Crippen LogP contribution in [0.1, 0.15) is 23.1 Å². The summed E-state index contributed by atoms with van der Waals surface area (Å²) in [6.07, 6.45) is 3.12. The van der Waals surface area contributed by atoms with Gasteiger partial charge in [-0.3, -0.25) is 4.79 Å². The van der Waals surface area contributed by atoms with Gasteiger partial charge in [-0.1, -0.05) is 52.3 Å². The van der Waals surface area contributed by atoms with E-state index in [0.717, 1.165) is 17.4 Å². The van der Waals surface area contributed by atoms with Crippen LogP contribution in [0, 0.1) is 13.8 Å². The zero-order valence-corrected chi connectivity index (χ0v) is 17.0. The van der Waals surface area contributed by atoms with Crippen LogP contribution in [0.2, 0.25) is 0 Å². The van der Waals surface area contributed by atoms with E-state index in [1.54, 1.807) is 11.8 Å².